The lowest BCUT2D eigenvalue weighted by atomic mass is 9.79. The molecule has 0 aromatic heterocycles. The van der Waals surface area contributed by atoms with Crippen LogP contribution in [0.15, 0.2) is 23.1 Å². The SMILES string of the molecule is COc1ccc(C2CCC(C=O)CC2)cc1S(C)(=O)=O. The van der Waals surface area contributed by atoms with Gasteiger partial charge in [0, 0.05) is 12.2 Å². The molecule has 1 fully saturated rings. The molecule has 0 radical (unpaired) electrons. The number of methoxy groups -OCH3 is 1. The summed E-state index contributed by atoms with van der Waals surface area (Å²) in [7, 11) is -1.83. The molecule has 5 heteroatoms. The molecule has 0 aliphatic heterocycles. The molecule has 20 heavy (non-hydrogen) atoms. The fourth-order valence-corrected chi connectivity index (χ4v) is 3.69. The zero-order valence-electron chi connectivity index (χ0n) is 11.8. The van der Waals surface area contributed by atoms with E-state index in [0.29, 0.717) is 11.7 Å². The minimum atomic E-state index is -3.30. The van der Waals surface area contributed by atoms with Gasteiger partial charge in [-0.2, -0.15) is 0 Å². The molecular formula is C15H20O4S. The lowest BCUT2D eigenvalue weighted by Gasteiger charge is -2.26. The maximum Gasteiger partial charge on any atom is 0.179 e. The molecule has 2 rings (SSSR count). The number of hydrogen-bond acceptors (Lipinski definition) is 4. The molecule has 0 unspecified atom stereocenters. The zero-order chi connectivity index (χ0) is 14.8. The van der Waals surface area contributed by atoms with Crippen LogP contribution in [0.3, 0.4) is 0 Å². The van der Waals surface area contributed by atoms with Crippen LogP contribution < -0.4 is 4.74 Å². The van der Waals surface area contributed by atoms with Gasteiger partial charge in [0.1, 0.15) is 16.9 Å². The molecule has 1 aliphatic carbocycles. The minimum Gasteiger partial charge on any atom is -0.495 e. The van der Waals surface area contributed by atoms with E-state index in [4.69, 9.17) is 4.74 Å². The fraction of sp³-hybridized carbons (Fsp3) is 0.533. The van der Waals surface area contributed by atoms with Gasteiger partial charge in [-0.15, -0.1) is 0 Å². The molecule has 1 aliphatic rings. The van der Waals surface area contributed by atoms with Gasteiger partial charge >= 0.3 is 0 Å². The van der Waals surface area contributed by atoms with Gasteiger partial charge in [-0.05, 0) is 49.3 Å². The van der Waals surface area contributed by atoms with Crippen LogP contribution in [0.5, 0.6) is 5.75 Å². The molecule has 1 aromatic rings. The van der Waals surface area contributed by atoms with Gasteiger partial charge in [0.15, 0.2) is 9.84 Å². The Morgan fingerprint density at radius 2 is 1.85 bits per heavy atom. The molecule has 0 amide bonds. The molecule has 0 heterocycles. The molecule has 0 N–H and O–H groups in total. The second kappa shape index (κ2) is 5.95. The fourth-order valence-electron chi connectivity index (χ4n) is 2.83. The predicted molar refractivity (Wildman–Crippen MR) is 76.9 cm³/mol. The van der Waals surface area contributed by atoms with Gasteiger partial charge in [0.25, 0.3) is 0 Å². The maximum atomic E-state index is 11.8. The molecule has 0 saturated heterocycles. The summed E-state index contributed by atoms with van der Waals surface area (Å²) in [6.07, 6.45) is 5.85. The predicted octanol–water partition coefficient (Wildman–Crippen LogP) is 2.57. The van der Waals surface area contributed by atoms with E-state index in [2.05, 4.69) is 0 Å². The average molecular weight is 296 g/mol. The first-order valence-electron chi connectivity index (χ1n) is 6.79. The Balaban J connectivity index is 2.28. The van der Waals surface area contributed by atoms with E-state index in [1.54, 1.807) is 12.1 Å². The van der Waals surface area contributed by atoms with E-state index >= 15 is 0 Å². The maximum absolute atomic E-state index is 11.8. The van der Waals surface area contributed by atoms with Crippen molar-refractivity contribution in [2.24, 2.45) is 5.92 Å². The molecular weight excluding hydrogens is 276 g/mol. The van der Waals surface area contributed by atoms with Crippen LogP contribution in [-0.4, -0.2) is 28.1 Å². The van der Waals surface area contributed by atoms with E-state index in [0.717, 1.165) is 37.5 Å². The van der Waals surface area contributed by atoms with Crippen molar-refractivity contribution in [2.75, 3.05) is 13.4 Å². The quantitative estimate of drug-likeness (QED) is 0.801. The average Bonchev–Trinajstić information content (AvgIpc) is 2.46. The van der Waals surface area contributed by atoms with Crippen molar-refractivity contribution in [2.45, 2.75) is 36.5 Å². The third-order valence-electron chi connectivity index (χ3n) is 4.02. The van der Waals surface area contributed by atoms with Gasteiger partial charge in [0.05, 0.1) is 7.11 Å². The minimum absolute atomic E-state index is 0.166. The largest absolute Gasteiger partial charge is 0.495 e. The van der Waals surface area contributed by atoms with Crippen LogP contribution in [0.1, 0.15) is 37.2 Å². The van der Waals surface area contributed by atoms with Gasteiger partial charge < -0.3 is 9.53 Å². The highest BCUT2D eigenvalue weighted by molar-refractivity contribution is 7.90. The van der Waals surface area contributed by atoms with Crippen molar-refractivity contribution in [3.63, 3.8) is 0 Å². The monoisotopic (exact) mass is 296 g/mol. The highest BCUT2D eigenvalue weighted by atomic mass is 32.2. The third-order valence-corrected chi connectivity index (χ3v) is 5.14. The molecule has 1 aromatic carbocycles. The molecule has 1 saturated carbocycles. The number of rotatable bonds is 4. The van der Waals surface area contributed by atoms with Crippen LogP contribution in [-0.2, 0) is 14.6 Å². The summed E-state index contributed by atoms with van der Waals surface area (Å²) >= 11 is 0. The van der Waals surface area contributed by atoms with E-state index in [1.807, 2.05) is 6.07 Å². The first-order valence-corrected chi connectivity index (χ1v) is 8.68. The van der Waals surface area contributed by atoms with Crippen LogP contribution >= 0.6 is 0 Å². The van der Waals surface area contributed by atoms with Crippen LogP contribution in [0.2, 0.25) is 0 Å². The van der Waals surface area contributed by atoms with Gasteiger partial charge in [0.2, 0.25) is 0 Å². The Kier molecular flexibility index (Phi) is 4.48. The van der Waals surface area contributed by atoms with Crippen molar-refractivity contribution in [3.8, 4) is 5.75 Å². The number of ether oxygens (including phenoxy) is 1. The van der Waals surface area contributed by atoms with E-state index in [-0.39, 0.29) is 10.8 Å². The van der Waals surface area contributed by atoms with Crippen molar-refractivity contribution < 1.29 is 17.9 Å². The van der Waals surface area contributed by atoms with Gasteiger partial charge in [-0.25, -0.2) is 8.42 Å². The number of aldehydes is 1. The topological polar surface area (TPSA) is 60.4 Å². The van der Waals surface area contributed by atoms with Gasteiger partial charge in [-0.3, -0.25) is 0 Å². The molecule has 0 atom stereocenters. The Labute approximate surface area is 120 Å². The number of sulfone groups is 1. The van der Waals surface area contributed by atoms with Crippen molar-refractivity contribution in [3.05, 3.63) is 23.8 Å². The summed E-state index contributed by atoms with van der Waals surface area (Å²) in [6.45, 7) is 0. The highest BCUT2D eigenvalue weighted by Crippen LogP contribution is 2.37. The number of carbonyl (C=O) groups excluding carboxylic acids is 1. The first kappa shape index (κ1) is 15.0. The summed E-state index contributed by atoms with van der Waals surface area (Å²) < 4.78 is 28.8. The first-order chi connectivity index (χ1) is 9.45. The van der Waals surface area contributed by atoms with Crippen molar-refractivity contribution in [1.82, 2.24) is 0 Å². The lowest BCUT2D eigenvalue weighted by molar-refractivity contribution is -0.111. The Hall–Kier alpha value is -1.36. The molecule has 4 nitrogen and oxygen atoms in total. The van der Waals surface area contributed by atoms with Crippen LogP contribution in [0.4, 0.5) is 0 Å². The number of hydrogen-bond donors (Lipinski definition) is 0. The van der Waals surface area contributed by atoms with Crippen molar-refractivity contribution in [1.29, 1.82) is 0 Å². The Bertz CT molecular complexity index is 584. The summed E-state index contributed by atoms with van der Waals surface area (Å²) in [4.78, 5) is 11.0. The standard InChI is InChI=1S/C15H20O4S/c1-19-14-8-7-13(9-15(14)20(2,17)18)12-5-3-11(10-16)4-6-12/h7-12H,3-6H2,1-2H3. The smallest absolute Gasteiger partial charge is 0.179 e. The number of benzene rings is 1. The summed E-state index contributed by atoms with van der Waals surface area (Å²) in [5.41, 5.74) is 1.02. The second-order valence-corrected chi connectivity index (χ2v) is 7.41. The molecule has 0 bridgehead atoms. The summed E-state index contributed by atoms with van der Waals surface area (Å²) in [5.74, 6) is 0.884. The van der Waals surface area contributed by atoms with E-state index in [9.17, 15) is 13.2 Å². The van der Waals surface area contributed by atoms with Crippen LogP contribution in [0, 0.1) is 5.92 Å². The lowest BCUT2D eigenvalue weighted by Crippen LogP contribution is -2.14. The third kappa shape index (κ3) is 3.20. The Morgan fingerprint density at radius 3 is 2.35 bits per heavy atom. The number of carbonyl (C=O) groups is 1. The summed E-state index contributed by atoms with van der Waals surface area (Å²) in [6, 6.07) is 5.37. The summed E-state index contributed by atoms with van der Waals surface area (Å²) in [5, 5.41) is 0. The molecule has 0 spiro atoms. The second-order valence-electron chi connectivity index (χ2n) is 5.43. The Morgan fingerprint density at radius 1 is 1.20 bits per heavy atom. The normalized spacial score (nSPS) is 23.3. The highest BCUT2D eigenvalue weighted by Gasteiger charge is 2.24. The van der Waals surface area contributed by atoms with Crippen LogP contribution in [0.25, 0.3) is 0 Å². The molecule has 110 valence electrons. The van der Waals surface area contributed by atoms with Gasteiger partial charge in [-0.1, -0.05) is 6.07 Å². The van der Waals surface area contributed by atoms with Crippen molar-refractivity contribution >= 4 is 16.1 Å². The van der Waals surface area contributed by atoms with E-state index < -0.39 is 9.84 Å². The van der Waals surface area contributed by atoms with E-state index in [1.165, 1.54) is 13.4 Å². The zero-order valence-corrected chi connectivity index (χ0v) is 12.7.